The van der Waals surface area contributed by atoms with Crippen LogP contribution >= 0.6 is 0 Å². The van der Waals surface area contributed by atoms with E-state index in [0.717, 1.165) is 5.56 Å². The SMILES string of the molecule is Cc1ccnc(NC(=O)N[C@H]2CC(=O)N(c3ccc(F)cc3)C2)c1. The normalized spacial score (nSPS) is 17.0. The highest BCUT2D eigenvalue weighted by Crippen LogP contribution is 2.21. The number of hydrogen-bond acceptors (Lipinski definition) is 3. The lowest BCUT2D eigenvalue weighted by atomic mass is 10.2. The number of carbonyl (C=O) groups excluding carboxylic acids is 2. The van der Waals surface area contributed by atoms with E-state index in [-0.39, 0.29) is 24.2 Å². The second kappa shape index (κ2) is 6.66. The van der Waals surface area contributed by atoms with Crippen molar-refractivity contribution in [1.82, 2.24) is 10.3 Å². The Labute approximate surface area is 138 Å². The van der Waals surface area contributed by atoms with Crippen molar-refractivity contribution in [3.8, 4) is 0 Å². The number of pyridine rings is 1. The minimum absolute atomic E-state index is 0.111. The summed E-state index contributed by atoms with van der Waals surface area (Å²) in [4.78, 5) is 29.7. The van der Waals surface area contributed by atoms with Gasteiger partial charge in [0.15, 0.2) is 0 Å². The maximum absolute atomic E-state index is 13.0. The van der Waals surface area contributed by atoms with Crippen LogP contribution in [0.3, 0.4) is 0 Å². The van der Waals surface area contributed by atoms with Crippen LogP contribution in [0.15, 0.2) is 42.6 Å². The molecule has 6 nitrogen and oxygen atoms in total. The average Bonchev–Trinajstić information content (AvgIpc) is 2.88. The summed E-state index contributed by atoms with van der Waals surface area (Å²) in [5, 5.41) is 5.41. The van der Waals surface area contributed by atoms with E-state index in [1.54, 1.807) is 24.4 Å². The molecule has 0 radical (unpaired) electrons. The van der Waals surface area contributed by atoms with E-state index in [2.05, 4.69) is 15.6 Å². The Balaban J connectivity index is 1.59. The topological polar surface area (TPSA) is 74.3 Å². The molecule has 0 spiro atoms. The van der Waals surface area contributed by atoms with Gasteiger partial charge in [-0.2, -0.15) is 0 Å². The molecule has 1 fully saturated rings. The molecule has 2 N–H and O–H groups in total. The highest BCUT2D eigenvalue weighted by atomic mass is 19.1. The zero-order chi connectivity index (χ0) is 17.1. The number of benzene rings is 1. The third-order valence-corrected chi connectivity index (χ3v) is 3.76. The van der Waals surface area contributed by atoms with Gasteiger partial charge in [-0.25, -0.2) is 14.2 Å². The maximum atomic E-state index is 13.0. The third kappa shape index (κ3) is 3.68. The van der Waals surface area contributed by atoms with Gasteiger partial charge in [0.1, 0.15) is 11.6 Å². The summed E-state index contributed by atoms with van der Waals surface area (Å²) in [5.74, 6) is -0.0158. The maximum Gasteiger partial charge on any atom is 0.320 e. The third-order valence-electron chi connectivity index (χ3n) is 3.76. The molecule has 124 valence electrons. The fourth-order valence-electron chi connectivity index (χ4n) is 2.62. The molecule has 1 aliphatic rings. The summed E-state index contributed by atoms with van der Waals surface area (Å²) in [7, 11) is 0. The molecular weight excluding hydrogens is 311 g/mol. The molecule has 1 atom stereocenters. The summed E-state index contributed by atoms with van der Waals surface area (Å²) >= 11 is 0. The van der Waals surface area contributed by atoms with Gasteiger partial charge in [-0.05, 0) is 48.9 Å². The van der Waals surface area contributed by atoms with Gasteiger partial charge in [0, 0.05) is 24.8 Å². The highest BCUT2D eigenvalue weighted by Gasteiger charge is 2.31. The molecule has 3 rings (SSSR count). The first-order valence-corrected chi connectivity index (χ1v) is 7.57. The Morgan fingerprint density at radius 1 is 1.29 bits per heavy atom. The van der Waals surface area contributed by atoms with Crippen molar-refractivity contribution < 1.29 is 14.0 Å². The summed E-state index contributed by atoms with van der Waals surface area (Å²) in [6.45, 7) is 2.25. The molecule has 0 unspecified atom stereocenters. The van der Waals surface area contributed by atoms with Crippen molar-refractivity contribution in [1.29, 1.82) is 0 Å². The van der Waals surface area contributed by atoms with E-state index in [1.807, 2.05) is 13.0 Å². The molecule has 1 saturated heterocycles. The predicted molar refractivity (Wildman–Crippen MR) is 88.3 cm³/mol. The Kier molecular flexibility index (Phi) is 4.41. The predicted octanol–water partition coefficient (Wildman–Crippen LogP) is 2.46. The minimum atomic E-state index is -0.410. The van der Waals surface area contributed by atoms with Crippen molar-refractivity contribution in [2.75, 3.05) is 16.8 Å². The van der Waals surface area contributed by atoms with Gasteiger partial charge in [0.25, 0.3) is 0 Å². The zero-order valence-electron chi connectivity index (χ0n) is 13.1. The molecule has 0 bridgehead atoms. The summed E-state index contributed by atoms with van der Waals surface area (Å²) in [6, 6.07) is 8.57. The van der Waals surface area contributed by atoms with Crippen LogP contribution < -0.4 is 15.5 Å². The molecule has 1 aromatic heterocycles. The van der Waals surface area contributed by atoms with Crippen LogP contribution in [-0.4, -0.2) is 29.5 Å². The number of nitrogens with one attached hydrogen (secondary N) is 2. The Hall–Kier alpha value is -2.96. The van der Waals surface area contributed by atoms with Crippen LogP contribution in [0.5, 0.6) is 0 Å². The van der Waals surface area contributed by atoms with Gasteiger partial charge in [-0.3, -0.25) is 10.1 Å². The first-order chi connectivity index (χ1) is 11.5. The molecule has 1 aliphatic heterocycles. The van der Waals surface area contributed by atoms with Crippen LogP contribution in [0, 0.1) is 12.7 Å². The lowest BCUT2D eigenvalue weighted by molar-refractivity contribution is -0.117. The number of urea groups is 1. The van der Waals surface area contributed by atoms with Crippen molar-refractivity contribution in [3.05, 3.63) is 54.0 Å². The average molecular weight is 328 g/mol. The Morgan fingerprint density at radius 2 is 2.04 bits per heavy atom. The molecule has 2 aromatic rings. The Bertz CT molecular complexity index is 763. The van der Waals surface area contributed by atoms with Gasteiger partial charge >= 0.3 is 6.03 Å². The van der Waals surface area contributed by atoms with E-state index < -0.39 is 6.03 Å². The zero-order valence-corrected chi connectivity index (χ0v) is 13.1. The smallest absolute Gasteiger partial charge is 0.320 e. The molecule has 2 heterocycles. The number of amides is 3. The minimum Gasteiger partial charge on any atom is -0.333 e. The molecule has 24 heavy (non-hydrogen) atoms. The molecule has 3 amide bonds. The van der Waals surface area contributed by atoms with E-state index in [4.69, 9.17) is 0 Å². The van der Waals surface area contributed by atoms with Crippen molar-refractivity contribution in [2.24, 2.45) is 0 Å². The number of aryl methyl sites for hydroxylation is 1. The molecule has 7 heteroatoms. The van der Waals surface area contributed by atoms with E-state index >= 15 is 0 Å². The van der Waals surface area contributed by atoms with E-state index in [0.29, 0.717) is 18.1 Å². The van der Waals surface area contributed by atoms with E-state index in [1.165, 1.54) is 17.0 Å². The van der Waals surface area contributed by atoms with Crippen molar-refractivity contribution in [3.63, 3.8) is 0 Å². The number of hydrogen-bond donors (Lipinski definition) is 2. The molecular formula is C17H17FN4O2. The number of rotatable bonds is 3. The van der Waals surface area contributed by atoms with Gasteiger partial charge in [0.2, 0.25) is 5.91 Å². The van der Waals surface area contributed by atoms with Crippen LogP contribution in [0.25, 0.3) is 0 Å². The Morgan fingerprint density at radius 3 is 2.75 bits per heavy atom. The monoisotopic (exact) mass is 328 g/mol. The number of carbonyl (C=O) groups is 2. The van der Waals surface area contributed by atoms with Crippen molar-refractivity contribution >= 4 is 23.4 Å². The first-order valence-electron chi connectivity index (χ1n) is 7.57. The van der Waals surface area contributed by atoms with Crippen LogP contribution in [0.1, 0.15) is 12.0 Å². The van der Waals surface area contributed by atoms with Gasteiger partial charge in [0.05, 0.1) is 6.04 Å². The van der Waals surface area contributed by atoms with Gasteiger partial charge < -0.3 is 10.2 Å². The van der Waals surface area contributed by atoms with Crippen LogP contribution in [0.2, 0.25) is 0 Å². The first kappa shape index (κ1) is 15.9. The fourth-order valence-corrected chi connectivity index (χ4v) is 2.62. The number of anilines is 2. The molecule has 0 saturated carbocycles. The van der Waals surface area contributed by atoms with Crippen LogP contribution in [0.4, 0.5) is 20.7 Å². The highest BCUT2D eigenvalue weighted by molar-refractivity contribution is 5.97. The quantitative estimate of drug-likeness (QED) is 0.909. The standard InChI is InChI=1S/C17H17FN4O2/c1-11-6-7-19-15(8-11)21-17(24)20-13-9-16(23)22(10-13)14-4-2-12(18)3-5-14/h2-8,13H,9-10H2,1H3,(H2,19,20,21,24)/t13-/m0/s1. The molecule has 1 aromatic carbocycles. The lowest BCUT2D eigenvalue weighted by Crippen LogP contribution is -2.39. The van der Waals surface area contributed by atoms with Gasteiger partial charge in [-0.15, -0.1) is 0 Å². The fraction of sp³-hybridized carbons (Fsp3) is 0.235. The summed E-state index contributed by atoms with van der Waals surface area (Å²) in [6.07, 6.45) is 1.81. The lowest BCUT2D eigenvalue weighted by Gasteiger charge is -2.17. The largest absolute Gasteiger partial charge is 0.333 e. The second-order valence-electron chi connectivity index (χ2n) is 5.70. The summed E-state index contributed by atoms with van der Waals surface area (Å²) in [5.41, 5.74) is 1.60. The number of aromatic nitrogens is 1. The number of nitrogens with zero attached hydrogens (tertiary/aromatic N) is 2. The second-order valence-corrected chi connectivity index (χ2v) is 5.70. The number of halogens is 1. The van der Waals surface area contributed by atoms with Crippen LogP contribution in [-0.2, 0) is 4.79 Å². The van der Waals surface area contributed by atoms with Gasteiger partial charge in [-0.1, -0.05) is 0 Å². The molecule has 0 aliphatic carbocycles. The summed E-state index contributed by atoms with van der Waals surface area (Å²) < 4.78 is 13.0. The van der Waals surface area contributed by atoms with Crippen molar-refractivity contribution in [2.45, 2.75) is 19.4 Å². The van der Waals surface area contributed by atoms with E-state index in [9.17, 15) is 14.0 Å².